The smallest absolute Gasteiger partial charge is 0.449 e. The molecule has 0 aliphatic heterocycles. The first kappa shape index (κ1) is 23.8. The number of hydrogen-bond acceptors (Lipinski definition) is 10. The first-order chi connectivity index (χ1) is 11.9. The minimum absolute atomic E-state index is 0.513. The molecule has 0 spiro atoms. The summed E-state index contributed by atoms with van der Waals surface area (Å²) in [4.78, 5) is 62.9. The SMILES string of the molecule is COC(=O)C(=O)OOC(C)(C)CCCCC(C)(C)OOC(=O)C(=O)OC. The van der Waals surface area contributed by atoms with Crippen LogP contribution in [0.4, 0.5) is 0 Å². The average Bonchev–Trinajstić information content (AvgIpc) is 2.60. The Morgan fingerprint density at radius 1 is 0.615 bits per heavy atom. The highest BCUT2D eigenvalue weighted by molar-refractivity contribution is 6.29. The summed E-state index contributed by atoms with van der Waals surface area (Å²) in [6.45, 7) is 6.77. The maximum atomic E-state index is 11.2. The molecular formula is C16H26O10. The lowest BCUT2D eigenvalue weighted by atomic mass is 9.96. The van der Waals surface area contributed by atoms with Gasteiger partial charge < -0.3 is 9.47 Å². The highest BCUT2D eigenvalue weighted by atomic mass is 17.2. The van der Waals surface area contributed by atoms with Crippen LogP contribution >= 0.6 is 0 Å². The van der Waals surface area contributed by atoms with Crippen molar-refractivity contribution in [2.45, 2.75) is 64.6 Å². The number of unbranched alkanes of at least 4 members (excludes halogenated alkanes) is 1. The van der Waals surface area contributed by atoms with E-state index in [0.717, 1.165) is 14.2 Å². The fraction of sp³-hybridized carbons (Fsp3) is 0.750. The third-order valence-electron chi connectivity index (χ3n) is 3.20. The maximum Gasteiger partial charge on any atom is 0.449 e. The fourth-order valence-electron chi connectivity index (χ4n) is 1.72. The molecule has 10 nitrogen and oxygen atoms in total. The minimum atomic E-state index is -1.23. The van der Waals surface area contributed by atoms with Crippen molar-refractivity contribution in [2.24, 2.45) is 0 Å². The molecule has 0 amide bonds. The molecule has 0 aliphatic carbocycles. The van der Waals surface area contributed by atoms with Crippen LogP contribution in [0.25, 0.3) is 0 Å². The van der Waals surface area contributed by atoms with Crippen LogP contribution in [0.2, 0.25) is 0 Å². The molecule has 0 saturated carbocycles. The van der Waals surface area contributed by atoms with Crippen molar-refractivity contribution in [1.82, 2.24) is 0 Å². The van der Waals surface area contributed by atoms with Crippen LogP contribution in [0.5, 0.6) is 0 Å². The van der Waals surface area contributed by atoms with E-state index in [1.807, 2.05) is 0 Å². The molecule has 10 heteroatoms. The molecule has 26 heavy (non-hydrogen) atoms. The van der Waals surface area contributed by atoms with Gasteiger partial charge >= 0.3 is 23.9 Å². The van der Waals surface area contributed by atoms with Gasteiger partial charge in [-0.25, -0.2) is 19.2 Å². The Hall–Kier alpha value is -2.20. The molecule has 0 rings (SSSR count). The lowest BCUT2D eigenvalue weighted by molar-refractivity contribution is -0.327. The van der Waals surface area contributed by atoms with E-state index in [4.69, 9.17) is 9.78 Å². The molecule has 0 radical (unpaired) electrons. The van der Waals surface area contributed by atoms with Gasteiger partial charge in [-0.05, 0) is 40.5 Å². The quantitative estimate of drug-likeness (QED) is 0.191. The Morgan fingerprint density at radius 2 is 0.923 bits per heavy atom. The summed E-state index contributed by atoms with van der Waals surface area (Å²) < 4.78 is 8.41. The van der Waals surface area contributed by atoms with Crippen molar-refractivity contribution in [3.63, 3.8) is 0 Å². The largest absolute Gasteiger partial charge is 0.461 e. The molecule has 0 unspecified atom stereocenters. The van der Waals surface area contributed by atoms with Crippen LogP contribution in [0.15, 0.2) is 0 Å². The van der Waals surface area contributed by atoms with E-state index in [1.165, 1.54) is 0 Å². The summed E-state index contributed by atoms with van der Waals surface area (Å²) in [5.41, 5.74) is -1.63. The summed E-state index contributed by atoms with van der Waals surface area (Å²) in [6.07, 6.45) is 2.36. The van der Waals surface area contributed by atoms with E-state index in [-0.39, 0.29) is 0 Å². The number of esters is 2. The molecule has 0 N–H and O–H groups in total. The summed E-state index contributed by atoms with van der Waals surface area (Å²) in [5.74, 6) is -4.77. The predicted molar refractivity (Wildman–Crippen MR) is 85.0 cm³/mol. The van der Waals surface area contributed by atoms with Gasteiger partial charge in [-0.15, -0.1) is 0 Å². The third-order valence-corrected chi connectivity index (χ3v) is 3.20. The normalized spacial score (nSPS) is 11.5. The van der Waals surface area contributed by atoms with Gasteiger partial charge in [0.05, 0.1) is 14.2 Å². The van der Waals surface area contributed by atoms with Crippen molar-refractivity contribution >= 4 is 23.9 Å². The number of ether oxygens (including phenoxy) is 2. The zero-order chi connectivity index (χ0) is 20.4. The highest BCUT2D eigenvalue weighted by Gasteiger charge is 2.27. The summed E-state index contributed by atoms with van der Waals surface area (Å²) in [7, 11) is 2.11. The predicted octanol–water partition coefficient (Wildman–Crippen LogP) is 1.40. The second-order valence-corrected chi connectivity index (χ2v) is 6.62. The van der Waals surface area contributed by atoms with Crippen molar-refractivity contribution in [3.8, 4) is 0 Å². The molecule has 150 valence electrons. The molecule has 0 saturated heterocycles. The number of rotatable bonds is 9. The maximum absolute atomic E-state index is 11.2. The van der Waals surface area contributed by atoms with E-state index in [9.17, 15) is 19.2 Å². The van der Waals surface area contributed by atoms with E-state index in [0.29, 0.717) is 25.7 Å². The summed E-state index contributed by atoms with van der Waals surface area (Å²) >= 11 is 0. The van der Waals surface area contributed by atoms with Gasteiger partial charge in [0.25, 0.3) is 0 Å². The van der Waals surface area contributed by atoms with Gasteiger partial charge in [-0.3, -0.25) is 9.78 Å². The first-order valence-electron chi connectivity index (χ1n) is 7.90. The monoisotopic (exact) mass is 378 g/mol. The number of carbonyl (C=O) groups excluding carboxylic acids is 4. The Balaban J connectivity index is 4.14. The molecule has 0 aromatic heterocycles. The van der Waals surface area contributed by atoms with Crippen LogP contribution in [-0.2, 0) is 48.2 Å². The Kier molecular flexibility index (Phi) is 9.81. The molecule has 0 bridgehead atoms. The summed E-state index contributed by atoms with van der Waals surface area (Å²) in [6, 6.07) is 0. The fourth-order valence-corrected chi connectivity index (χ4v) is 1.72. The molecule has 0 atom stereocenters. The minimum Gasteiger partial charge on any atom is -0.461 e. The number of methoxy groups -OCH3 is 2. The van der Waals surface area contributed by atoms with Gasteiger partial charge in [-0.1, -0.05) is 12.8 Å². The second-order valence-electron chi connectivity index (χ2n) is 6.62. The number of hydrogen-bond donors (Lipinski definition) is 0. The van der Waals surface area contributed by atoms with Crippen molar-refractivity contribution in [3.05, 3.63) is 0 Å². The Bertz CT molecular complexity index is 463. The van der Waals surface area contributed by atoms with Crippen molar-refractivity contribution in [1.29, 1.82) is 0 Å². The van der Waals surface area contributed by atoms with Gasteiger partial charge in [0.1, 0.15) is 11.2 Å². The second kappa shape index (κ2) is 10.7. The van der Waals surface area contributed by atoms with Gasteiger partial charge in [0.15, 0.2) is 0 Å². The van der Waals surface area contributed by atoms with E-state index < -0.39 is 35.1 Å². The van der Waals surface area contributed by atoms with E-state index in [2.05, 4.69) is 19.2 Å². The Morgan fingerprint density at radius 3 is 1.19 bits per heavy atom. The Labute approximate surface area is 151 Å². The van der Waals surface area contributed by atoms with E-state index >= 15 is 0 Å². The van der Waals surface area contributed by atoms with Crippen LogP contribution < -0.4 is 0 Å². The zero-order valence-electron chi connectivity index (χ0n) is 15.9. The van der Waals surface area contributed by atoms with Crippen LogP contribution in [0.3, 0.4) is 0 Å². The molecule has 0 fully saturated rings. The van der Waals surface area contributed by atoms with Gasteiger partial charge in [-0.2, -0.15) is 9.78 Å². The average molecular weight is 378 g/mol. The molecule has 0 heterocycles. The number of carbonyl (C=O) groups is 4. The first-order valence-corrected chi connectivity index (χ1v) is 7.90. The molecule has 0 aliphatic rings. The molecular weight excluding hydrogens is 352 g/mol. The molecule has 0 aromatic carbocycles. The van der Waals surface area contributed by atoms with Crippen LogP contribution in [0.1, 0.15) is 53.4 Å². The zero-order valence-corrected chi connectivity index (χ0v) is 15.9. The van der Waals surface area contributed by atoms with E-state index in [1.54, 1.807) is 27.7 Å². The van der Waals surface area contributed by atoms with Crippen LogP contribution in [-0.4, -0.2) is 49.3 Å². The highest BCUT2D eigenvalue weighted by Crippen LogP contribution is 2.23. The topological polar surface area (TPSA) is 124 Å². The standard InChI is InChI=1S/C16H26O10/c1-15(2,25-23-13(19)11(17)21-5)9-7-8-10-16(3,4)26-24-14(20)12(18)22-6/h7-10H2,1-6H3. The van der Waals surface area contributed by atoms with Crippen molar-refractivity contribution in [2.75, 3.05) is 14.2 Å². The third kappa shape index (κ3) is 9.94. The van der Waals surface area contributed by atoms with Crippen LogP contribution in [0, 0.1) is 0 Å². The summed E-state index contributed by atoms with van der Waals surface area (Å²) in [5, 5.41) is 0. The van der Waals surface area contributed by atoms with Gasteiger partial charge in [0, 0.05) is 0 Å². The lowest BCUT2D eigenvalue weighted by Gasteiger charge is -2.24. The lowest BCUT2D eigenvalue weighted by Crippen LogP contribution is -2.30. The molecule has 0 aromatic rings. The van der Waals surface area contributed by atoms with Gasteiger partial charge in [0.2, 0.25) is 0 Å². The van der Waals surface area contributed by atoms with Crippen molar-refractivity contribution < 1.29 is 48.2 Å².